The molecule has 0 radical (unpaired) electrons. The maximum Gasteiger partial charge on any atom is 0.220 e. The lowest BCUT2D eigenvalue weighted by Gasteiger charge is -2.39. The summed E-state index contributed by atoms with van der Waals surface area (Å²) in [4.78, 5) is 18.9. The van der Waals surface area contributed by atoms with E-state index in [1.165, 1.54) is 5.56 Å². The molecule has 166 valence electrons. The standard InChI is InChI=1S/C25H33N3O3/c1-30-22-4-2-3-20(17-22)5-6-24(29)27-18-23-7-10-25(31-23)11-15-28(16-12-25)19-21-8-13-26-14-9-21/h2-4,8-9,13-14,17,23H,5-7,10-12,15-16,18-19H2,1H3,(H,27,29)/t23-/m1/s1. The fourth-order valence-corrected chi connectivity index (χ4v) is 4.67. The van der Waals surface area contributed by atoms with E-state index in [1.807, 2.05) is 36.7 Å². The number of aryl methyl sites for hydroxylation is 1. The highest BCUT2D eigenvalue weighted by Gasteiger charge is 2.42. The van der Waals surface area contributed by atoms with Crippen LogP contribution in [0.4, 0.5) is 0 Å². The maximum atomic E-state index is 12.3. The van der Waals surface area contributed by atoms with Gasteiger partial charge >= 0.3 is 0 Å². The van der Waals surface area contributed by atoms with Gasteiger partial charge in [-0.1, -0.05) is 12.1 Å². The monoisotopic (exact) mass is 423 g/mol. The molecular formula is C25H33N3O3. The van der Waals surface area contributed by atoms with Crippen molar-refractivity contribution < 1.29 is 14.3 Å². The summed E-state index contributed by atoms with van der Waals surface area (Å²) in [5, 5.41) is 3.08. The first-order chi connectivity index (χ1) is 15.1. The molecule has 1 aromatic carbocycles. The minimum absolute atomic E-state index is 0.00469. The Labute approximate surface area is 185 Å². The molecule has 2 saturated heterocycles. The molecule has 4 rings (SSSR count). The van der Waals surface area contributed by atoms with Gasteiger partial charge in [0.2, 0.25) is 5.91 Å². The highest BCUT2D eigenvalue weighted by atomic mass is 16.5. The number of ether oxygens (including phenoxy) is 2. The highest BCUT2D eigenvalue weighted by molar-refractivity contribution is 5.76. The largest absolute Gasteiger partial charge is 0.497 e. The number of amides is 1. The molecule has 2 aromatic rings. The molecule has 6 heteroatoms. The van der Waals surface area contributed by atoms with Gasteiger partial charge in [-0.3, -0.25) is 14.7 Å². The topological polar surface area (TPSA) is 63.7 Å². The van der Waals surface area contributed by atoms with E-state index < -0.39 is 0 Å². The summed E-state index contributed by atoms with van der Waals surface area (Å²) >= 11 is 0. The first kappa shape index (κ1) is 21.8. The van der Waals surface area contributed by atoms with E-state index in [0.29, 0.717) is 19.4 Å². The van der Waals surface area contributed by atoms with Gasteiger partial charge in [0.25, 0.3) is 0 Å². The van der Waals surface area contributed by atoms with Crippen LogP contribution in [0, 0.1) is 0 Å². The summed E-state index contributed by atoms with van der Waals surface area (Å²) in [5.41, 5.74) is 2.43. The summed E-state index contributed by atoms with van der Waals surface area (Å²) in [7, 11) is 1.66. The molecule has 0 aliphatic carbocycles. The van der Waals surface area contributed by atoms with Crippen molar-refractivity contribution in [2.24, 2.45) is 0 Å². The summed E-state index contributed by atoms with van der Waals surface area (Å²) in [6.45, 7) is 3.70. The highest BCUT2D eigenvalue weighted by Crippen LogP contribution is 2.39. The second-order valence-electron chi connectivity index (χ2n) is 8.75. The molecule has 1 amide bonds. The lowest BCUT2D eigenvalue weighted by Crippen LogP contribution is -2.44. The smallest absolute Gasteiger partial charge is 0.220 e. The van der Waals surface area contributed by atoms with Crippen LogP contribution in [0.2, 0.25) is 0 Å². The van der Waals surface area contributed by atoms with E-state index in [2.05, 4.69) is 27.3 Å². The maximum absolute atomic E-state index is 12.3. The first-order valence-electron chi connectivity index (χ1n) is 11.3. The molecule has 2 aliphatic rings. The Bertz CT molecular complexity index is 850. The van der Waals surface area contributed by atoms with Crippen molar-refractivity contribution in [2.45, 2.75) is 56.8 Å². The number of rotatable bonds is 8. The zero-order valence-electron chi connectivity index (χ0n) is 18.4. The Kier molecular flexibility index (Phi) is 7.20. The third kappa shape index (κ3) is 6.05. The number of aromatic nitrogens is 1. The van der Waals surface area contributed by atoms with Crippen LogP contribution in [0.3, 0.4) is 0 Å². The Balaban J connectivity index is 1.16. The number of nitrogens with zero attached hydrogens (tertiary/aromatic N) is 2. The number of carbonyl (C=O) groups is 1. The fraction of sp³-hybridized carbons (Fsp3) is 0.520. The Morgan fingerprint density at radius 3 is 2.77 bits per heavy atom. The normalized spacial score (nSPS) is 20.6. The number of hydrogen-bond donors (Lipinski definition) is 1. The summed E-state index contributed by atoms with van der Waals surface area (Å²) in [6.07, 6.45) is 9.30. The second kappa shape index (κ2) is 10.2. The number of carbonyl (C=O) groups excluding carboxylic acids is 1. The third-order valence-electron chi connectivity index (χ3n) is 6.56. The average Bonchev–Trinajstić information content (AvgIpc) is 3.21. The van der Waals surface area contributed by atoms with Crippen LogP contribution < -0.4 is 10.1 Å². The average molecular weight is 424 g/mol. The van der Waals surface area contributed by atoms with Crippen LogP contribution in [-0.2, 0) is 22.5 Å². The van der Waals surface area contributed by atoms with Crippen LogP contribution in [0.1, 0.15) is 43.2 Å². The minimum Gasteiger partial charge on any atom is -0.497 e. The number of methoxy groups -OCH3 is 1. The molecular weight excluding hydrogens is 390 g/mol. The molecule has 0 saturated carbocycles. The van der Waals surface area contributed by atoms with E-state index in [4.69, 9.17) is 9.47 Å². The van der Waals surface area contributed by atoms with Gasteiger partial charge in [0.1, 0.15) is 5.75 Å². The van der Waals surface area contributed by atoms with Crippen molar-refractivity contribution in [3.8, 4) is 5.75 Å². The summed E-state index contributed by atoms with van der Waals surface area (Å²) in [5.74, 6) is 0.911. The number of hydrogen-bond acceptors (Lipinski definition) is 5. The predicted octanol–water partition coefficient (Wildman–Crippen LogP) is 3.35. The van der Waals surface area contributed by atoms with Gasteiger partial charge in [-0.15, -0.1) is 0 Å². The van der Waals surface area contributed by atoms with Crippen molar-refractivity contribution in [2.75, 3.05) is 26.7 Å². The van der Waals surface area contributed by atoms with Crippen molar-refractivity contribution in [3.05, 3.63) is 59.9 Å². The first-order valence-corrected chi connectivity index (χ1v) is 11.3. The minimum atomic E-state index is 0.00469. The number of likely N-dealkylation sites (tertiary alicyclic amines) is 1. The molecule has 2 aliphatic heterocycles. The lowest BCUT2D eigenvalue weighted by molar-refractivity contribution is -0.122. The predicted molar refractivity (Wildman–Crippen MR) is 120 cm³/mol. The van der Waals surface area contributed by atoms with Crippen LogP contribution in [0.15, 0.2) is 48.8 Å². The SMILES string of the molecule is COc1cccc(CCC(=O)NC[C@H]2CCC3(CCN(Cc4ccncc4)CC3)O2)c1. The molecule has 0 unspecified atom stereocenters. The molecule has 31 heavy (non-hydrogen) atoms. The van der Waals surface area contributed by atoms with Crippen LogP contribution in [0.25, 0.3) is 0 Å². The molecule has 1 aromatic heterocycles. The zero-order chi connectivity index (χ0) is 21.5. The summed E-state index contributed by atoms with van der Waals surface area (Å²) < 4.78 is 11.7. The van der Waals surface area contributed by atoms with Crippen molar-refractivity contribution in [1.82, 2.24) is 15.2 Å². The van der Waals surface area contributed by atoms with Crippen LogP contribution >= 0.6 is 0 Å². The zero-order valence-corrected chi connectivity index (χ0v) is 18.4. The molecule has 1 N–H and O–H groups in total. The Morgan fingerprint density at radius 1 is 1.19 bits per heavy atom. The second-order valence-corrected chi connectivity index (χ2v) is 8.75. The van der Waals surface area contributed by atoms with E-state index in [-0.39, 0.29) is 17.6 Å². The van der Waals surface area contributed by atoms with Crippen molar-refractivity contribution >= 4 is 5.91 Å². The number of pyridine rings is 1. The van der Waals surface area contributed by atoms with Gasteiger partial charge in [0, 0.05) is 45.0 Å². The number of nitrogens with one attached hydrogen (secondary N) is 1. The van der Waals surface area contributed by atoms with E-state index in [9.17, 15) is 4.79 Å². The van der Waals surface area contributed by atoms with Gasteiger partial charge in [-0.2, -0.15) is 0 Å². The van der Waals surface area contributed by atoms with Crippen LogP contribution in [0.5, 0.6) is 5.75 Å². The van der Waals surface area contributed by atoms with E-state index >= 15 is 0 Å². The molecule has 6 nitrogen and oxygen atoms in total. The van der Waals surface area contributed by atoms with E-state index in [1.54, 1.807) is 7.11 Å². The van der Waals surface area contributed by atoms with Gasteiger partial charge in [-0.05, 0) is 67.5 Å². The lowest BCUT2D eigenvalue weighted by atomic mass is 9.88. The van der Waals surface area contributed by atoms with Gasteiger partial charge in [0.15, 0.2) is 0 Å². The van der Waals surface area contributed by atoms with Gasteiger partial charge in [0.05, 0.1) is 18.8 Å². The van der Waals surface area contributed by atoms with Gasteiger partial charge in [-0.25, -0.2) is 0 Å². The van der Waals surface area contributed by atoms with Gasteiger partial charge < -0.3 is 14.8 Å². The molecule has 2 fully saturated rings. The van der Waals surface area contributed by atoms with Crippen LogP contribution in [-0.4, -0.2) is 54.2 Å². The van der Waals surface area contributed by atoms with Crippen molar-refractivity contribution in [3.63, 3.8) is 0 Å². The third-order valence-corrected chi connectivity index (χ3v) is 6.56. The fourth-order valence-electron chi connectivity index (χ4n) is 4.67. The molecule has 3 heterocycles. The molecule has 0 bridgehead atoms. The summed E-state index contributed by atoms with van der Waals surface area (Å²) in [6, 6.07) is 12.1. The number of piperidine rings is 1. The molecule has 1 atom stereocenters. The molecule has 1 spiro atoms. The van der Waals surface area contributed by atoms with E-state index in [0.717, 1.165) is 56.6 Å². The Hall–Kier alpha value is -2.44. The quantitative estimate of drug-likeness (QED) is 0.705. The van der Waals surface area contributed by atoms with Crippen molar-refractivity contribution in [1.29, 1.82) is 0 Å². The Morgan fingerprint density at radius 2 is 2.00 bits per heavy atom. The number of benzene rings is 1.